The first-order valence-electron chi connectivity index (χ1n) is 7.88. The Labute approximate surface area is 152 Å². The van der Waals surface area contributed by atoms with Crippen LogP contribution in [0.15, 0.2) is 35.2 Å². The summed E-state index contributed by atoms with van der Waals surface area (Å²) in [6.45, 7) is 1.76. The first-order valence-corrected chi connectivity index (χ1v) is 8.25. The lowest BCUT2D eigenvalue weighted by molar-refractivity contribution is -0.137. The van der Waals surface area contributed by atoms with Crippen LogP contribution in [0.4, 0.5) is 5.82 Å². The van der Waals surface area contributed by atoms with Crippen molar-refractivity contribution >= 4 is 45.5 Å². The topological polar surface area (TPSA) is 117 Å². The molecule has 0 aliphatic carbocycles. The molecule has 26 heavy (non-hydrogen) atoms. The first kappa shape index (κ1) is 16.3. The van der Waals surface area contributed by atoms with Gasteiger partial charge in [0.05, 0.1) is 17.7 Å². The average molecular weight is 372 g/mol. The SMILES string of the molecule is C[C@@H](CC(=O)O)Nc1nc(-c2c[nH]c3ncc(Cl)cc23)nc2ccoc12. The second-order valence-electron chi connectivity index (χ2n) is 5.93. The smallest absolute Gasteiger partial charge is 0.305 e. The summed E-state index contributed by atoms with van der Waals surface area (Å²) in [6.07, 6.45) is 4.79. The summed E-state index contributed by atoms with van der Waals surface area (Å²) in [4.78, 5) is 27.3. The van der Waals surface area contributed by atoms with Gasteiger partial charge >= 0.3 is 5.97 Å². The second-order valence-corrected chi connectivity index (χ2v) is 6.36. The number of furan rings is 1. The number of aliphatic carboxylic acids is 1. The number of rotatable bonds is 5. The van der Waals surface area contributed by atoms with Crippen LogP contribution >= 0.6 is 11.6 Å². The van der Waals surface area contributed by atoms with Gasteiger partial charge in [0.15, 0.2) is 17.2 Å². The maximum Gasteiger partial charge on any atom is 0.305 e. The van der Waals surface area contributed by atoms with Crippen LogP contribution in [0.2, 0.25) is 5.02 Å². The fourth-order valence-corrected chi connectivity index (χ4v) is 2.95. The Kier molecular flexibility index (Phi) is 3.96. The average Bonchev–Trinajstić information content (AvgIpc) is 3.19. The number of nitrogens with one attached hydrogen (secondary N) is 2. The van der Waals surface area contributed by atoms with E-state index >= 15 is 0 Å². The predicted octanol–water partition coefficient (Wildman–Crippen LogP) is 3.69. The zero-order valence-electron chi connectivity index (χ0n) is 13.7. The third-order valence-corrected chi connectivity index (χ3v) is 4.11. The van der Waals surface area contributed by atoms with Crippen molar-refractivity contribution in [3.05, 3.63) is 35.8 Å². The zero-order valence-corrected chi connectivity index (χ0v) is 14.4. The van der Waals surface area contributed by atoms with Gasteiger partial charge in [0, 0.05) is 35.5 Å². The minimum absolute atomic E-state index is 0.0475. The Hall–Kier alpha value is -3.13. The normalized spacial score (nSPS) is 12.5. The Morgan fingerprint density at radius 3 is 3.12 bits per heavy atom. The summed E-state index contributed by atoms with van der Waals surface area (Å²) in [5.74, 6) is -0.000331. The van der Waals surface area contributed by atoms with E-state index in [0.717, 1.165) is 10.9 Å². The Balaban J connectivity index is 1.82. The molecule has 0 saturated heterocycles. The van der Waals surface area contributed by atoms with E-state index in [2.05, 4.69) is 25.3 Å². The van der Waals surface area contributed by atoms with Crippen molar-refractivity contribution in [1.29, 1.82) is 0 Å². The number of anilines is 1. The quantitative estimate of drug-likeness (QED) is 0.489. The lowest BCUT2D eigenvalue weighted by Crippen LogP contribution is -2.20. The van der Waals surface area contributed by atoms with Crippen molar-refractivity contribution in [2.45, 2.75) is 19.4 Å². The molecule has 8 nitrogen and oxygen atoms in total. The second kappa shape index (κ2) is 6.30. The van der Waals surface area contributed by atoms with Crippen LogP contribution in [0, 0.1) is 0 Å². The Morgan fingerprint density at radius 1 is 1.46 bits per heavy atom. The molecule has 0 spiro atoms. The van der Waals surface area contributed by atoms with E-state index in [-0.39, 0.29) is 12.5 Å². The van der Waals surface area contributed by atoms with E-state index in [0.29, 0.717) is 33.4 Å². The van der Waals surface area contributed by atoms with Gasteiger partial charge in [-0.1, -0.05) is 11.6 Å². The van der Waals surface area contributed by atoms with Gasteiger partial charge in [-0.25, -0.2) is 15.0 Å². The molecular formula is C17H14ClN5O3. The van der Waals surface area contributed by atoms with Gasteiger partial charge in [-0.05, 0) is 13.0 Å². The van der Waals surface area contributed by atoms with E-state index in [4.69, 9.17) is 21.1 Å². The Bertz CT molecular complexity index is 1120. The molecule has 132 valence electrons. The predicted molar refractivity (Wildman–Crippen MR) is 97.2 cm³/mol. The molecule has 0 bridgehead atoms. The zero-order chi connectivity index (χ0) is 18.3. The number of hydrogen-bond donors (Lipinski definition) is 3. The van der Waals surface area contributed by atoms with Gasteiger partial charge in [0.2, 0.25) is 0 Å². The highest BCUT2D eigenvalue weighted by Gasteiger charge is 2.17. The third kappa shape index (κ3) is 2.95. The van der Waals surface area contributed by atoms with Crippen LogP contribution in [0.5, 0.6) is 0 Å². The van der Waals surface area contributed by atoms with E-state index < -0.39 is 5.97 Å². The molecule has 4 heterocycles. The fraction of sp³-hybridized carbons (Fsp3) is 0.176. The number of pyridine rings is 1. The van der Waals surface area contributed by atoms with Crippen LogP contribution in [0.25, 0.3) is 33.5 Å². The molecule has 0 aliphatic heterocycles. The van der Waals surface area contributed by atoms with Crippen LogP contribution < -0.4 is 5.32 Å². The molecule has 9 heteroatoms. The van der Waals surface area contributed by atoms with Gasteiger partial charge in [0.1, 0.15) is 11.2 Å². The summed E-state index contributed by atoms with van der Waals surface area (Å²) in [5.41, 5.74) is 2.51. The summed E-state index contributed by atoms with van der Waals surface area (Å²) < 4.78 is 5.46. The molecule has 3 N–H and O–H groups in total. The lowest BCUT2D eigenvalue weighted by atomic mass is 10.2. The maximum atomic E-state index is 10.9. The van der Waals surface area contributed by atoms with E-state index in [1.807, 2.05) is 0 Å². The van der Waals surface area contributed by atoms with E-state index in [1.54, 1.807) is 31.5 Å². The monoisotopic (exact) mass is 371 g/mol. The van der Waals surface area contributed by atoms with Gasteiger partial charge in [0.25, 0.3) is 0 Å². The van der Waals surface area contributed by atoms with Crippen LogP contribution in [-0.2, 0) is 4.79 Å². The number of hydrogen-bond acceptors (Lipinski definition) is 6. The molecule has 0 fully saturated rings. The highest BCUT2D eigenvalue weighted by Crippen LogP contribution is 2.31. The molecule has 0 aromatic carbocycles. The number of carbonyl (C=O) groups is 1. The largest absolute Gasteiger partial charge is 0.481 e. The van der Waals surface area contributed by atoms with Crippen molar-refractivity contribution in [2.24, 2.45) is 0 Å². The number of H-pyrrole nitrogens is 1. The molecule has 0 radical (unpaired) electrons. The summed E-state index contributed by atoms with van der Waals surface area (Å²) >= 11 is 6.06. The molecule has 0 unspecified atom stereocenters. The van der Waals surface area contributed by atoms with E-state index in [9.17, 15) is 4.79 Å². The van der Waals surface area contributed by atoms with Crippen LogP contribution in [0.1, 0.15) is 13.3 Å². The molecule has 4 aromatic rings. The van der Waals surface area contributed by atoms with Crippen molar-refractivity contribution in [1.82, 2.24) is 19.9 Å². The number of halogens is 1. The molecule has 1 atom stereocenters. The maximum absolute atomic E-state index is 10.9. The van der Waals surface area contributed by atoms with Gasteiger partial charge < -0.3 is 19.8 Å². The fourth-order valence-electron chi connectivity index (χ4n) is 2.79. The highest BCUT2D eigenvalue weighted by molar-refractivity contribution is 6.31. The van der Waals surface area contributed by atoms with Crippen molar-refractivity contribution in [2.75, 3.05) is 5.32 Å². The minimum Gasteiger partial charge on any atom is -0.481 e. The summed E-state index contributed by atoms with van der Waals surface area (Å²) in [6, 6.07) is 3.19. The molecule has 4 aromatic heterocycles. The van der Waals surface area contributed by atoms with E-state index in [1.165, 1.54) is 6.26 Å². The molecule has 4 rings (SSSR count). The van der Waals surface area contributed by atoms with Crippen LogP contribution in [0.3, 0.4) is 0 Å². The lowest BCUT2D eigenvalue weighted by Gasteiger charge is -2.13. The molecule has 0 amide bonds. The number of nitrogens with zero attached hydrogens (tertiary/aromatic N) is 3. The van der Waals surface area contributed by atoms with Crippen molar-refractivity contribution < 1.29 is 14.3 Å². The first-order chi connectivity index (χ1) is 12.5. The molecule has 0 aliphatic rings. The van der Waals surface area contributed by atoms with Gasteiger partial charge in [-0.2, -0.15) is 0 Å². The van der Waals surface area contributed by atoms with Crippen molar-refractivity contribution in [3.63, 3.8) is 0 Å². The Morgan fingerprint density at radius 2 is 2.31 bits per heavy atom. The van der Waals surface area contributed by atoms with Gasteiger partial charge in [-0.15, -0.1) is 0 Å². The standard InChI is InChI=1S/C17H14ClN5O3/c1-8(4-13(24)25)21-17-14-12(2-3-26-14)22-16(23-17)11-7-20-15-10(11)5-9(18)6-19-15/h2-3,5-8H,4H2,1H3,(H,19,20)(H,24,25)(H,21,22,23)/t8-/m0/s1. The molecule has 0 saturated carbocycles. The number of carboxylic acids is 1. The highest BCUT2D eigenvalue weighted by atomic mass is 35.5. The van der Waals surface area contributed by atoms with Gasteiger partial charge in [-0.3, -0.25) is 4.79 Å². The number of fused-ring (bicyclic) bond motifs is 2. The van der Waals surface area contributed by atoms with Crippen LogP contribution in [-0.4, -0.2) is 37.1 Å². The molecular weight excluding hydrogens is 358 g/mol. The number of aromatic amines is 1. The number of carboxylic acid groups (broad SMARTS) is 1. The van der Waals surface area contributed by atoms with Crippen molar-refractivity contribution in [3.8, 4) is 11.4 Å². The summed E-state index contributed by atoms with van der Waals surface area (Å²) in [7, 11) is 0. The third-order valence-electron chi connectivity index (χ3n) is 3.91. The minimum atomic E-state index is -0.896. The summed E-state index contributed by atoms with van der Waals surface area (Å²) in [5, 5.41) is 13.4. The number of aromatic nitrogens is 4.